The molecule has 0 saturated heterocycles. The molecule has 6 nitrogen and oxygen atoms in total. The van der Waals surface area contributed by atoms with E-state index in [9.17, 15) is 9.59 Å². The van der Waals surface area contributed by atoms with Gasteiger partial charge in [0.15, 0.2) is 0 Å². The van der Waals surface area contributed by atoms with Crippen molar-refractivity contribution in [3.63, 3.8) is 0 Å². The molecule has 1 N–H and O–H groups in total. The number of carbonyl (C=O) groups excluding carboxylic acids is 2. The molecule has 0 radical (unpaired) electrons. The van der Waals surface area contributed by atoms with E-state index in [0.717, 1.165) is 12.0 Å². The number of hydrogen-bond acceptors (Lipinski definition) is 4. The van der Waals surface area contributed by atoms with Crippen molar-refractivity contribution in [3.05, 3.63) is 47.2 Å². The lowest BCUT2D eigenvalue weighted by Crippen LogP contribution is -2.52. The molecule has 0 saturated carbocycles. The van der Waals surface area contributed by atoms with Crippen LogP contribution in [0.4, 0.5) is 4.79 Å². The number of rotatable bonds is 7. The van der Waals surface area contributed by atoms with Crippen LogP contribution in [0.15, 0.2) is 41.6 Å². The number of benzene rings is 1. The molecule has 0 aliphatic carbocycles. The highest BCUT2D eigenvalue weighted by molar-refractivity contribution is 5.94. The first-order chi connectivity index (χ1) is 11.6. The normalized spacial score (nSPS) is 17.7. The van der Waals surface area contributed by atoms with Crippen LogP contribution in [0.1, 0.15) is 18.9 Å². The number of hydrogen-bond donors (Lipinski definition) is 1. The van der Waals surface area contributed by atoms with Crippen LogP contribution >= 0.6 is 0 Å². The minimum atomic E-state index is -0.409. The Morgan fingerprint density at radius 1 is 1.25 bits per heavy atom. The van der Waals surface area contributed by atoms with Gasteiger partial charge in [-0.05, 0) is 25.3 Å². The Balaban J connectivity index is 2.21. The van der Waals surface area contributed by atoms with Crippen LogP contribution < -0.4 is 5.32 Å². The van der Waals surface area contributed by atoms with Crippen molar-refractivity contribution >= 4 is 12.0 Å². The fourth-order valence-corrected chi connectivity index (χ4v) is 2.87. The molecular formula is C18H24N2O4. The Kier molecular flexibility index (Phi) is 6.37. The highest BCUT2D eigenvalue weighted by atomic mass is 16.5. The highest BCUT2D eigenvalue weighted by Gasteiger charge is 2.34. The van der Waals surface area contributed by atoms with Gasteiger partial charge in [0, 0.05) is 12.8 Å². The van der Waals surface area contributed by atoms with Gasteiger partial charge in [-0.1, -0.05) is 30.3 Å². The van der Waals surface area contributed by atoms with E-state index < -0.39 is 5.97 Å². The van der Waals surface area contributed by atoms with Crippen LogP contribution in [0, 0.1) is 0 Å². The number of amides is 2. The van der Waals surface area contributed by atoms with Gasteiger partial charge < -0.3 is 14.8 Å². The molecule has 1 heterocycles. The number of carbonyl (C=O) groups is 2. The van der Waals surface area contributed by atoms with Crippen LogP contribution in [-0.2, 0) is 20.7 Å². The second-order valence-corrected chi connectivity index (χ2v) is 5.66. The Labute approximate surface area is 142 Å². The van der Waals surface area contributed by atoms with Gasteiger partial charge in [0.25, 0.3) is 0 Å². The number of ether oxygens (including phenoxy) is 2. The fourth-order valence-electron chi connectivity index (χ4n) is 2.87. The summed E-state index contributed by atoms with van der Waals surface area (Å²) in [5.74, 6) is -0.409. The largest absolute Gasteiger partial charge is 0.466 e. The number of nitrogens with zero attached hydrogens (tertiary/aromatic N) is 1. The van der Waals surface area contributed by atoms with Gasteiger partial charge in [0.1, 0.15) is 0 Å². The van der Waals surface area contributed by atoms with Crippen LogP contribution in [0.5, 0.6) is 0 Å². The topological polar surface area (TPSA) is 67.9 Å². The van der Waals surface area contributed by atoms with E-state index in [2.05, 4.69) is 5.32 Å². The SMILES string of the molecule is COCCN1C(=O)NC(CCc2ccccc2)C(C(=O)OC)=C1C. The van der Waals surface area contributed by atoms with Crippen LogP contribution in [-0.4, -0.2) is 50.3 Å². The lowest BCUT2D eigenvalue weighted by molar-refractivity contribution is -0.136. The molecule has 6 heteroatoms. The average molecular weight is 332 g/mol. The molecule has 2 rings (SSSR count). The molecule has 1 aromatic rings. The van der Waals surface area contributed by atoms with E-state index in [-0.39, 0.29) is 12.1 Å². The fraction of sp³-hybridized carbons (Fsp3) is 0.444. The lowest BCUT2D eigenvalue weighted by atomic mass is 9.95. The summed E-state index contributed by atoms with van der Waals surface area (Å²) in [4.78, 5) is 26.1. The molecule has 2 amide bonds. The Morgan fingerprint density at radius 3 is 2.58 bits per heavy atom. The molecule has 0 spiro atoms. The monoisotopic (exact) mass is 332 g/mol. The molecule has 0 bridgehead atoms. The van der Waals surface area contributed by atoms with Crippen molar-refractivity contribution in [2.24, 2.45) is 0 Å². The number of esters is 1. The quantitative estimate of drug-likeness (QED) is 0.777. The average Bonchev–Trinajstić information content (AvgIpc) is 2.60. The van der Waals surface area contributed by atoms with Crippen LogP contribution in [0.2, 0.25) is 0 Å². The highest BCUT2D eigenvalue weighted by Crippen LogP contribution is 2.23. The van der Waals surface area contributed by atoms with Gasteiger partial charge in [-0.3, -0.25) is 4.90 Å². The van der Waals surface area contributed by atoms with Gasteiger partial charge in [0.05, 0.1) is 31.9 Å². The Morgan fingerprint density at radius 2 is 1.96 bits per heavy atom. The first-order valence-electron chi connectivity index (χ1n) is 7.98. The molecule has 1 aliphatic heterocycles. The minimum Gasteiger partial charge on any atom is -0.466 e. The molecule has 1 aliphatic rings. The van der Waals surface area contributed by atoms with Crippen molar-refractivity contribution in [1.82, 2.24) is 10.2 Å². The second kappa shape index (κ2) is 8.49. The number of aryl methyl sites for hydroxylation is 1. The van der Waals surface area contributed by atoms with Gasteiger partial charge >= 0.3 is 12.0 Å². The van der Waals surface area contributed by atoms with Crippen LogP contribution in [0.25, 0.3) is 0 Å². The van der Waals surface area contributed by atoms with Crippen molar-refractivity contribution in [1.29, 1.82) is 0 Å². The summed E-state index contributed by atoms with van der Waals surface area (Å²) in [6.07, 6.45) is 1.40. The lowest BCUT2D eigenvalue weighted by Gasteiger charge is -2.35. The van der Waals surface area contributed by atoms with Crippen LogP contribution in [0.3, 0.4) is 0 Å². The third-order valence-corrected chi connectivity index (χ3v) is 4.17. The number of urea groups is 1. The maximum atomic E-state index is 12.4. The van der Waals surface area contributed by atoms with Gasteiger partial charge in [-0.25, -0.2) is 9.59 Å². The van der Waals surface area contributed by atoms with Crippen molar-refractivity contribution in [3.8, 4) is 0 Å². The molecule has 0 fully saturated rings. The van der Waals surface area contributed by atoms with E-state index in [0.29, 0.717) is 30.8 Å². The molecule has 1 atom stereocenters. The first kappa shape index (κ1) is 18.0. The second-order valence-electron chi connectivity index (χ2n) is 5.66. The molecular weight excluding hydrogens is 308 g/mol. The summed E-state index contributed by atoms with van der Waals surface area (Å²) in [5.41, 5.74) is 2.29. The molecule has 1 unspecified atom stereocenters. The summed E-state index contributed by atoms with van der Waals surface area (Å²) < 4.78 is 9.96. The smallest absolute Gasteiger partial charge is 0.337 e. The zero-order chi connectivity index (χ0) is 17.5. The zero-order valence-corrected chi connectivity index (χ0v) is 14.4. The number of methoxy groups -OCH3 is 2. The first-order valence-corrected chi connectivity index (χ1v) is 7.98. The summed E-state index contributed by atoms with van der Waals surface area (Å²) in [6.45, 7) is 2.56. The van der Waals surface area contributed by atoms with E-state index in [1.165, 1.54) is 12.0 Å². The molecule has 130 valence electrons. The third-order valence-electron chi connectivity index (χ3n) is 4.17. The molecule has 24 heavy (non-hydrogen) atoms. The van der Waals surface area contributed by atoms with Crippen molar-refractivity contribution in [2.75, 3.05) is 27.4 Å². The number of allylic oxidation sites excluding steroid dienone is 1. The number of nitrogens with one attached hydrogen (secondary N) is 1. The Hall–Kier alpha value is -2.34. The minimum absolute atomic E-state index is 0.213. The predicted molar refractivity (Wildman–Crippen MR) is 90.4 cm³/mol. The maximum absolute atomic E-state index is 12.4. The van der Waals surface area contributed by atoms with Gasteiger partial charge in [-0.2, -0.15) is 0 Å². The standard InChI is InChI=1S/C18H24N2O4/c1-13-16(17(21)24-3)15(10-9-14-7-5-4-6-8-14)19-18(22)20(13)11-12-23-2/h4-8,15H,9-12H2,1-3H3,(H,19,22). The predicted octanol–water partition coefficient (Wildman–Crippen LogP) is 2.11. The summed E-state index contributed by atoms with van der Waals surface area (Å²) >= 11 is 0. The molecule has 1 aromatic carbocycles. The zero-order valence-electron chi connectivity index (χ0n) is 14.4. The molecule has 0 aromatic heterocycles. The maximum Gasteiger partial charge on any atom is 0.337 e. The van der Waals surface area contributed by atoms with Crippen molar-refractivity contribution < 1.29 is 19.1 Å². The van der Waals surface area contributed by atoms with E-state index in [1.54, 1.807) is 14.0 Å². The Bertz CT molecular complexity index is 613. The van der Waals surface area contributed by atoms with Crippen molar-refractivity contribution in [2.45, 2.75) is 25.8 Å². The van der Waals surface area contributed by atoms with Gasteiger partial charge in [0.2, 0.25) is 0 Å². The van der Waals surface area contributed by atoms with Gasteiger partial charge in [-0.15, -0.1) is 0 Å². The van der Waals surface area contributed by atoms with E-state index in [1.807, 2.05) is 30.3 Å². The third kappa shape index (κ3) is 4.14. The van der Waals surface area contributed by atoms with E-state index >= 15 is 0 Å². The summed E-state index contributed by atoms with van der Waals surface area (Å²) in [5, 5.41) is 2.91. The summed E-state index contributed by atoms with van der Waals surface area (Å²) in [6, 6.07) is 9.41. The van der Waals surface area contributed by atoms with E-state index in [4.69, 9.17) is 9.47 Å². The summed E-state index contributed by atoms with van der Waals surface area (Å²) in [7, 11) is 2.93.